The smallest absolute Gasteiger partial charge is 0.408 e. The predicted octanol–water partition coefficient (Wildman–Crippen LogP) is 0.00120. The Kier molecular flexibility index (Phi) is 7.47. The molecule has 86 valence electrons. The Morgan fingerprint density at radius 3 is 2.87 bits per heavy atom. The Morgan fingerprint density at radius 2 is 2.33 bits per heavy atom. The molecule has 0 spiro atoms. The highest BCUT2D eigenvalue weighted by atomic mass is 32.2. The van der Waals surface area contributed by atoms with Gasteiger partial charge in [-0.25, -0.2) is 4.79 Å². The Hall–Kier alpha value is -1.21. The van der Waals surface area contributed by atoms with Gasteiger partial charge in [-0.1, -0.05) is 12.7 Å². The van der Waals surface area contributed by atoms with Crippen LogP contribution in [0.3, 0.4) is 0 Å². The van der Waals surface area contributed by atoms with E-state index in [4.69, 9.17) is 10.8 Å². The molecule has 1 atom stereocenters. The molecule has 0 saturated carbocycles. The summed E-state index contributed by atoms with van der Waals surface area (Å²) in [5, 5.41) is 10.9. The van der Waals surface area contributed by atoms with Gasteiger partial charge in [-0.15, -0.1) is 11.8 Å². The average molecular weight is 234 g/mol. The van der Waals surface area contributed by atoms with Crippen molar-refractivity contribution in [1.29, 1.82) is 0 Å². The van der Waals surface area contributed by atoms with Crippen LogP contribution in [0, 0.1) is 0 Å². The van der Waals surface area contributed by atoms with Crippen molar-refractivity contribution in [2.45, 2.75) is 6.04 Å². The van der Waals surface area contributed by atoms with Crippen LogP contribution in [0.2, 0.25) is 0 Å². The number of hydrogen-bond donors (Lipinski definition) is 3. The maximum Gasteiger partial charge on any atom is 0.408 e. The number of aliphatic carboxylic acids is 1. The number of rotatable bonds is 7. The van der Waals surface area contributed by atoms with Gasteiger partial charge in [0, 0.05) is 5.75 Å². The van der Waals surface area contributed by atoms with Crippen LogP contribution in [0.15, 0.2) is 12.7 Å². The van der Waals surface area contributed by atoms with Gasteiger partial charge in [0.15, 0.2) is 0 Å². The highest BCUT2D eigenvalue weighted by Gasteiger charge is 2.10. The second kappa shape index (κ2) is 8.13. The van der Waals surface area contributed by atoms with Crippen LogP contribution in [0.4, 0.5) is 4.79 Å². The van der Waals surface area contributed by atoms with Crippen molar-refractivity contribution >= 4 is 23.8 Å². The third kappa shape index (κ3) is 7.83. The van der Waals surface area contributed by atoms with Gasteiger partial charge in [0.25, 0.3) is 0 Å². The van der Waals surface area contributed by atoms with E-state index < -0.39 is 18.1 Å². The average Bonchev–Trinajstić information content (AvgIpc) is 2.20. The van der Waals surface area contributed by atoms with Gasteiger partial charge < -0.3 is 20.9 Å². The molecule has 0 aliphatic heterocycles. The van der Waals surface area contributed by atoms with Crippen LogP contribution >= 0.6 is 11.8 Å². The molecule has 7 heteroatoms. The summed E-state index contributed by atoms with van der Waals surface area (Å²) in [4.78, 5) is 21.1. The fraction of sp³-hybridized carbons (Fsp3) is 0.500. The van der Waals surface area contributed by atoms with Crippen molar-refractivity contribution in [2.75, 3.05) is 18.2 Å². The van der Waals surface area contributed by atoms with Crippen LogP contribution in [-0.2, 0) is 9.53 Å². The lowest BCUT2D eigenvalue weighted by Crippen LogP contribution is -2.33. The van der Waals surface area contributed by atoms with Crippen molar-refractivity contribution in [1.82, 2.24) is 5.32 Å². The topological polar surface area (TPSA) is 102 Å². The number of nitrogens with two attached hydrogens (primary N) is 1. The molecular weight excluding hydrogens is 220 g/mol. The predicted molar refractivity (Wildman–Crippen MR) is 57.6 cm³/mol. The number of carbonyl (C=O) groups is 2. The zero-order chi connectivity index (χ0) is 11.7. The molecule has 1 amide bonds. The van der Waals surface area contributed by atoms with Crippen molar-refractivity contribution in [3.8, 4) is 0 Å². The Balaban J connectivity index is 3.41. The van der Waals surface area contributed by atoms with Crippen LogP contribution in [0.1, 0.15) is 0 Å². The molecule has 0 bridgehead atoms. The van der Waals surface area contributed by atoms with Crippen molar-refractivity contribution in [3.63, 3.8) is 0 Å². The minimum atomic E-state index is -1.06. The maximum atomic E-state index is 10.8. The van der Waals surface area contributed by atoms with E-state index in [0.717, 1.165) is 0 Å². The second-order valence-corrected chi connectivity index (χ2v) is 3.55. The Labute approximate surface area is 91.8 Å². The zero-order valence-corrected chi connectivity index (χ0v) is 8.96. The number of thioether (sulfide) groups is 1. The largest absolute Gasteiger partial charge is 0.480 e. The fourth-order valence-corrected chi connectivity index (χ4v) is 1.29. The maximum absolute atomic E-state index is 10.8. The molecule has 4 N–H and O–H groups in total. The summed E-state index contributed by atoms with van der Waals surface area (Å²) in [7, 11) is 0. The monoisotopic (exact) mass is 234 g/mol. The lowest BCUT2D eigenvalue weighted by atomic mass is 10.4. The lowest BCUT2D eigenvalue weighted by Gasteiger charge is -2.07. The molecule has 0 aliphatic carbocycles. The van der Waals surface area contributed by atoms with Crippen LogP contribution in [-0.4, -0.2) is 41.4 Å². The molecular formula is C8H14N2O4S. The zero-order valence-electron chi connectivity index (χ0n) is 8.14. The number of ether oxygens (including phenoxy) is 1. The molecule has 0 aromatic rings. The summed E-state index contributed by atoms with van der Waals surface area (Å²) in [6, 6.07) is -0.916. The van der Waals surface area contributed by atoms with Crippen LogP contribution < -0.4 is 11.1 Å². The summed E-state index contributed by atoms with van der Waals surface area (Å²) in [6.07, 6.45) is 0.888. The van der Waals surface area contributed by atoms with E-state index in [0.29, 0.717) is 0 Å². The van der Waals surface area contributed by atoms with E-state index in [-0.39, 0.29) is 18.2 Å². The van der Waals surface area contributed by atoms with Crippen molar-refractivity contribution < 1.29 is 19.4 Å². The third-order valence-corrected chi connectivity index (χ3v) is 2.21. The SMILES string of the molecule is C=CCOC(=O)NCSCC(N)C(=O)O. The number of amides is 1. The van der Waals surface area contributed by atoms with E-state index in [9.17, 15) is 9.59 Å². The van der Waals surface area contributed by atoms with Crippen molar-refractivity contribution in [3.05, 3.63) is 12.7 Å². The molecule has 0 radical (unpaired) electrons. The van der Waals surface area contributed by atoms with E-state index >= 15 is 0 Å². The number of carbonyl (C=O) groups excluding carboxylic acids is 1. The second-order valence-electron chi connectivity index (χ2n) is 2.52. The minimum absolute atomic E-state index is 0.144. The van der Waals surface area contributed by atoms with E-state index in [1.807, 2.05) is 0 Å². The molecule has 1 unspecified atom stereocenters. The Morgan fingerprint density at radius 1 is 1.67 bits per heavy atom. The molecule has 0 fully saturated rings. The molecule has 0 aromatic heterocycles. The third-order valence-electron chi connectivity index (χ3n) is 1.27. The Bertz CT molecular complexity index is 235. The molecule has 0 aromatic carbocycles. The summed E-state index contributed by atoms with van der Waals surface area (Å²) in [6.45, 7) is 3.52. The van der Waals surface area contributed by atoms with Gasteiger partial charge in [-0.3, -0.25) is 4.79 Å². The standard InChI is InChI=1S/C8H14N2O4S/c1-2-3-14-8(13)10-5-15-4-6(9)7(11)12/h2,6H,1,3-5,9H2,(H,10,13)(H,11,12). The van der Waals surface area contributed by atoms with Gasteiger partial charge in [0.05, 0.1) is 5.88 Å². The minimum Gasteiger partial charge on any atom is -0.480 e. The first-order chi connectivity index (χ1) is 7.07. The van der Waals surface area contributed by atoms with Crippen LogP contribution in [0.25, 0.3) is 0 Å². The summed E-state index contributed by atoms with van der Waals surface area (Å²) in [5.74, 6) is -0.565. The van der Waals surface area contributed by atoms with Gasteiger partial charge in [-0.05, 0) is 0 Å². The molecule has 0 aliphatic rings. The fourth-order valence-electron chi connectivity index (χ4n) is 0.553. The molecule has 0 heterocycles. The quantitative estimate of drug-likeness (QED) is 0.325. The number of nitrogens with one attached hydrogen (secondary N) is 1. The first-order valence-electron chi connectivity index (χ1n) is 4.15. The highest BCUT2D eigenvalue weighted by molar-refractivity contribution is 7.99. The van der Waals surface area contributed by atoms with Gasteiger partial charge >= 0.3 is 12.1 Å². The normalized spacial score (nSPS) is 11.5. The summed E-state index contributed by atoms with van der Waals surface area (Å²) >= 11 is 1.21. The number of carboxylic acids is 1. The molecule has 0 saturated heterocycles. The van der Waals surface area contributed by atoms with Crippen LogP contribution in [0.5, 0.6) is 0 Å². The van der Waals surface area contributed by atoms with E-state index in [1.54, 1.807) is 0 Å². The first kappa shape index (κ1) is 13.8. The van der Waals surface area contributed by atoms with Gasteiger partial charge in [0.2, 0.25) is 0 Å². The van der Waals surface area contributed by atoms with Crippen molar-refractivity contribution in [2.24, 2.45) is 5.73 Å². The van der Waals surface area contributed by atoms with E-state index in [2.05, 4.69) is 16.6 Å². The molecule has 6 nitrogen and oxygen atoms in total. The number of carboxylic acid groups (broad SMARTS) is 1. The highest BCUT2D eigenvalue weighted by Crippen LogP contribution is 1.99. The summed E-state index contributed by atoms with van der Waals surface area (Å²) in [5.41, 5.74) is 5.24. The number of alkyl carbamates (subject to hydrolysis) is 1. The lowest BCUT2D eigenvalue weighted by molar-refractivity contribution is -0.137. The first-order valence-corrected chi connectivity index (χ1v) is 5.31. The van der Waals surface area contributed by atoms with Gasteiger partial charge in [-0.2, -0.15) is 0 Å². The van der Waals surface area contributed by atoms with Gasteiger partial charge in [0.1, 0.15) is 12.6 Å². The number of hydrogen-bond acceptors (Lipinski definition) is 5. The molecule has 15 heavy (non-hydrogen) atoms. The molecule has 0 rings (SSSR count). The summed E-state index contributed by atoms with van der Waals surface area (Å²) < 4.78 is 4.62. The van der Waals surface area contributed by atoms with E-state index in [1.165, 1.54) is 17.8 Å².